The van der Waals surface area contributed by atoms with Crippen molar-refractivity contribution in [3.05, 3.63) is 23.8 Å². The molecule has 1 aromatic rings. The minimum atomic E-state index is 0.105. The molecule has 1 saturated carbocycles. The average Bonchev–Trinajstić information content (AvgIpc) is 3.41. The van der Waals surface area contributed by atoms with E-state index in [0.717, 1.165) is 29.9 Å². The highest BCUT2D eigenvalue weighted by atomic mass is 16.5. The lowest BCUT2D eigenvalue weighted by Crippen LogP contribution is -2.40. The molecule has 0 aliphatic heterocycles. The van der Waals surface area contributed by atoms with Crippen molar-refractivity contribution in [2.75, 3.05) is 41.0 Å². The molecule has 1 amide bonds. The Hall–Kier alpha value is -1.79. The van der Waals surface area contributed by atoms with Crippen LogP contribution in [0, 0.1) is 0 Å². The van der Waals surface area contributed by atoms with Crippen molar-refractivity contribution in [3.63, 3.8) is 0 Å². The maximum absolute atomic E-state index is 12.5. The van der Waals surface area contributed by atoms with Crippen LogP contribution in [0.25, 0.3) is 0 Å². The molecule has 0 atom stereocenters. The van der Waals surface area contributed by atoms with E-state index in [1.165, 1.54) is 0 Å². The average molecular weight is 322 g/mol. The predicted molar refractivity (Wildman–Crippen MR) is 87.9 cm³/mol. The minimum absolute atomic E-state index is 0.105. The Labute approximate surface area is 137 Å². The molecule has 0 aromatic heterocycles. The molecule has 1 N–H and O–H groups in total. The van der Waals surface area contributed by atoms with Crippen molar-refractivity contribution < 1.29 is 19.0 Å². The SMILES string of the molecule is COCCNCC(=O)N(Cc1cc(OC)ccc1OC)C1CC1. The maximum Gasteiger partial charge on any atom is 0.237 e. The van der Waals surface area contributed by atoms with Crippen LogP contribution in [-0.2, 0) is 16.1 Å². The molecule has 2 rings (SSSR count). The van der Waals surface area contributed by atoms with E-state index in [0.29, 0.717) is 32.3 Å². The first-order valence-corrected chi connectivity index (χ1v) is 7.89. The summed E-state index contributed by atoms with van der Waals surface area (Å²) in [6, 6.07) is 6.00. The van der Waals surface area contributed by atoms with Gasteiger partial charge in [-0.3, -0.25) is 4.79 Å². The van der Waals surface area contributed by atoms with Crippen molar-refractivity contribution in [3.8, 4) is 11.5 Å². The highest BCUT2D eigenvalue weighted by Crippen LogP contribution is 2.31. The van der Waals surface area contributed by atoms with Gasteiger partial charge in [-0.15, -0.1) is 0 Å². The number of hydrogen-bond acceptors (Lipinski definition) is 5. The largest absolute Gasteiger partial charge is 0.497 e. The Balaban J connectivity index is 2.03. The number of rotatable bonds is 10. The van der Waals surface area contributed by atoms with Gasteiger partial charge in [0.15, 0.2) is 0 Å². The number of carbonyl (C=O) groups is 1. The fraction of sp³-hybridized carbons (Fsp3) is 0.588. The van der Waals surface area contributed by atoms with Gasteiger partial charge in [0.25, 0.3) is 0 Å². The van der Waals surface area contributed by atoms with E-state index in [-0.39, 0.29) is 5.91 Å². The van der Waals surface area contributed by atoms with Crippen LogP contribution >= 0.6 is 0 Å². The summed E-state index contributed by atoms with van der Waals surface area (Å²) < 4.78 is 15.7. The van der Waals surface area contributed by atoms with Gasteiger partial charge in [0.1, 0.15) is 11.5 Å². The van der Waals surface area contributed by atoms with Gasteiger partial charge in [0.05, 0.1) is 27.4 Å². The van der Waals surface area contributed by atoms with Crippen LogP contribution in [0.3, 0.4) is 0 Å². The summed E-state index contributed by atoms with van der Waals surface area (Å²) in [6.45, 7) is 2.13. The van der Waals surface area contributed by atoms with Gasteiger partial charge in [0.2, 0.25) is 5.91 Å². The number of hydrogen-bond donors (Lipinski definition) is 1. The van der Waals surface area contributed by atoms with E-state index in [9.17, 15) is 4.79 Å². The van der Waals surface area contributed by atoms with Crippen LogP contribution in [0.4, 0.5) is 0 Å². The van der Waals surface area contributed by atoms with E-state index in [2.05, 4.69) is 5.32 Å². The second kappa shape index (κ2) is 8.74. The van der Waals surface area contributed by atoms with Crippen LogP contribution in [0.2, 0.25) is 0 Å². The molecule has 1 aromatic carbocycles. The van der Waals surface area contributed by atoms with Crippen molar-refractivity contribution >= 4 is 5.91 Å². The van der Waals surface area contributed by atoms with E-state index < -0.39 is 0 Å². The lowest BCUT2D eigenvalue weighted by molar-refractivity contribution is -0.131. The normalized spacial score (nSPS) is 13.7. The smallest absolute Gasteiger partial charge is 0.237 e. The lowest BCUT2D eigenvalue weighted by Gasteiger charge is -2.24. The zero-order valence-electron chi connectivity index (χ0n) is 14.1. The van der Waals surface area contributed by atoms with Crippen molar-refractivity contribution in [1.29, 1.82) is 0 Å². The van der Waals surface area contributed by atoms with Gasteiger partial charge in [-0.1, -0.05) is 0 Å². The number of carbonyl (C=O) groups excluding carboxylic acids is 1. The monoisotopic (exact) mass is 322 g/mol. The van der Waals surface area contributed by atoms with Gasteiger partial charge >= 0.3 is 0 Å². The number of ether oxygens (including phenoxy) is 3. The van der Waals surface area contributed by atoms with Gasteiger partial charge in [-0.05, 0) is 31.0 Å². The molecule has 0 saturated heterocycles. The molecule has 0 unspecified atom stereocenters. The third-order valence-electron chi connectivity index (χ3n) is 3.90. The van der Waals surface area contributed by atoms with Crippen molar-refractivity contribution in [2.45, 2.75) is 25.4 Å². The standard InChI is InChI=1S/C17H26N2O4/c1-21-9-8-18-11-17(20)19(14-4-5-14)12-13-10-15(22-2)6-7-16(13)23-3/h6-7,10,14,18H,4-5,8-9,11-12H2,1-3H3. The molecule has 1 aliphatic rings. The first-order chi connectivity index (χ1) is 11.2. The van der Waals surface area contributed by atoms with Crippen LogP contribution in [0.5, 0.6) is 11.5 Å². The molecule has 23 heavy (non-hydrogen) atoms. The fourth-order valence-corrected chi connectivity index (χ4v) is 2.47. The summed E-state index contributed by atoms with van der Waals surface area (Å²) in [5, 5.41) is 3.11. The topological polar surface area (TPSA) is 60.0 Å². The molecule has 0 heterocycles. The molecular formula is C17H26N2O4. The molecule has 6 nitrogen and oxygen atoms in total. The first-order valence-electron chi connectivity index (χ1n) is 7.89. The van der Waals surface area contributed by atoms with Crippen LogP contribution in [-0.4, -0.2) is 57.9 Å². The van der Waals surface area contributed by atoms with Gasteiger partial charge < -0.3 is 24.4 Å². The highest BCUT2D eigenvalue weighted by Gasteiger charge is 2.32. The molecule has 1 aliphatic carbocycles. The molecule has 128 valence electrons. The van der Waals surface area contributed by atoms with Gasteiger partial charge in [-0.2, -0.15) is 0 Å². The third kappa shape index (κ3) is 5.11. The van der Waals surface area contributed by atoms with Crippen molar-refractivity contribution in [1.82, 2.24) is 10.2 Å². The molecule has 1 fully saturated rings. The second-order valence-electron chi connectivity index (χ2n) is 5.60. The molecule has 0 bridgehead atoms. The second-order valence-corrected chi connectivity index (χ2v) is 5.60. The van der Waals surface area contributed by atoms with E-state index in [1.807, 2.05) is 23.1 Å². The summed E-state index contributed by atoms with van der Waals surface area (Å²) >= 11 is 0. The fourth-order valence-electron chi connectivity index (χ4n) is 2.47. The summed E-state index contributed by atoms with van der Waals surface area (Å²) in [7, 11) is 4.92. The predicted octanol–water partition coefficient (Wildman–Crippen LogP) is 1.43. The van der Waals surface area contributed by atoms with Crippen LogP contribution in [0.1, 0.15) is 18.4 Å². The zero-order valence-corrected chi connectivity index (χ0v) is 14.1. The van der Waals surface area contributed by atoms with E-state index >= 15 is 0 Å². The van der Waals surface area contributed by atoms with Crippen molar-refractivity contribution in [2.24, 2.45) is 0 Å². The number of methoxy groups -OCH3 is 3. The number of nitrogens with one attached hydrogen (secondary N) is 1. The summed E-state index contributed by atoms with van der Waals surface area (Å²) in [5.41, 5.74) is 0.962. The molecule has 0 spiro atoms. The van der Waals surface area contributed by atoms with Crippen LogP contribution < -0.4 is 14.8 Å². The Bertz CT molecular complexity index is 517. The Morgan fingerprint density at radius 1 is 1.26 bits per heavy atom. The van der Waals surface area contributed by atoms with Gasteiger partial charge in [-0.25, -0.2) is 0 Å². The van der Waals surface area contributed by atoms with Crippen LogP contribution in [0.15, 0.2) is 18.2 Å². The van der Waals surface area contributed by atoms with E-state index in [1.54, 1.807) is 21.3 Å². The highest BCUT2D eigenvalue weighted by molar-refractivity contribution is 5.79. The maximum atomic E-state index is 12.5. The third-order valence-corrected chi connectivity index (χ3v) is 3.90. The summed E-state index contributed by atoms with van der Waals surface area (Å²) in [6.07, 6.45) is 2.13. The Kier molecular flexibility index (Phi) is 6.67. The van der Waals surface area contributed by atoms with E-state index in [4.69, 9.17) is 14.2 Å². The summed E-state index contributed by atoms with van der Waals surface area (Å²) in [5.74, 6) is 1.65. The number of amides is 1. The quantitative estimate of drug-likeness (QED) is 0.660. The Morgan fingerprint density at radius 2 is 2.04 bits per heavy atom. The summed E-state index contributed by atoms with van der Waals surface area (Å²) in [4.78, 5) is 14.4. The number of nitrogens with zero attached hydrogens (tertiary/aromatic N) is 1. The number of benzene rings is 1. The molecule has 0 radical (unpaired) electrons. The first kappa shape index (κ1) is 17.6. The lowest BCUT2D eigenvalue weighted by atomic mass is 10.1. The molecule has 6 heteroatoms. The molecular weight excluding hydrogens is 296 g/mol. The Morgan fingerprint density at radius 3 is 2.65 bits per heavy atom. The van der Waals surface area contributed by atoms with Gasteiger partial charge in [0, 0.05) is 31.8 Å². The zero-order chi connectivity index (χ0) is 16.7. The minimum Gasteiger partial charge on any atom is -0.497 e.